The molecule has 3 aromatic carbocycles. The Kier molecular flexibility index (Phi) is 14.3. The van der Waals surface area contributed by atoms with Crippen molar-refractivity contribution in [1.29, 1.82) is 0 Å². The smallest absolute Gasteiger partial charge is 0.0698 e. The SMILES string of the molecule is CC(C)c1cccc(C(C)C)c1N=C/C=C\[N-]c1c(C(C)C)cccc1C(C)C.Cc1ccccc1.[Fe]. The maximum Gasteiger partial charge on any atom is 0.0698 e. The van der Waals surface area contributed by atoms with E-state index in [-0.39, 0.29) is 17.1 Å². The van der Waals surface area contributed by atoms with Gasteiger partial charge in [0.2, 0.25) is 0 Å². The van der Waals surface area contributed by atoms with Crippen LogP contribution in [0.1, 0.15) is 107 Å². The van der Waals surface area contributed by atoms with Gasteiger partial charge in [-0.3, -0.25) is 4.99 Å². The third-order valence-electron chi connectivity index (χ3n) is 6.20. The van der Waals surface area contributed by atoms with E-state index in [1.165, 1.54) is 27.8 Å². The summed E-state index contributed by atoms with van der Waals surface area (Å²) >= 11 is 0. The summed E-state index contributed by atoms with van der Waals surface area (Å²) in [5, 5.41) is 4.82. The van der Waals surface area contributed by atoms with Crippen LogP contribution in [0.3, 0.4) is 0 Å². The maximum absolute atomic E-state index is 4.82. The molecule has 3 heteroatoms. The van der Waals surface area contributed by atoms with Gasteiger partial charge in [-0.15, -0.1) is 5.69 Å². The van der Waals surface area contributed by atoms with E-state index in [9.17, 15) is 0 Å². The van der Waals surface area contributed by atoms with Crippen molar-refractivity contribution in [3.05, 3.63) is 112 Å². The Balaban J connectivity index is 0.000000737. The van der Waals surface area contributed by atoms with Crippen molar-refractivity contribution in [1.82, 2.24) is 0 Å². The monoisotopic (exact) mass is 537 g/mol. The van der Waals surface area contributed by atoms with E-state index >= 15 is 0 Å². The molecule has 3 rings (SSSR count). The topological polar surface area (TPSA) is 26.5 Å². The van der Waals surface area contributed by atoms with Gasteiger partial charge in [0, 0.05) is 23.3 Å². The quantitative estimate of drug-likeness (QED) is 0.202. The molecule has 0 bridgehead atoms. The van der Waals surface area contributed by atoms with Gasteiger partial charge in [-0.05, 0) is 41.7 Å². The van der Waals surface area contributed by atoms with Crippen LogP contribution in [0, 0.1) is 6.92 Å². The standard InChI is InChI=1S/C27H37N2.C7H8.Fe/c1-18(2)22-12-9-13-23(19(3)4)26(22)28-16-11-17-29-27-24(20(5)6)14-10-15-25(27)21(7)8;1-7-5-3-2-4-6-7;/h9-21H,1-8H3;2-6H,1H3;/q-1;;/b16-11-,29-17?;;. The minimum absolute atomic E-state index is 0. The van der Waals surface area contributed by atoms with E-state index in [1.54, 1.807) is 0 Å². The van der Waals surface area contributed by atoms with Gasteiger partial charge >= 0.3 is 0 Å². The molecule has 0 aliphatic heterocycles. The molecule has 3 aromatic rings. The molecule has 200 valence electrons. The molecule has 0 saturated heterocycles. The van der Waals surface area contributed by atoms with Crippen molar-refractivity contribution in [2.75, 3.05) is 0 Å². The predicted molar refractivity (Wildman–Crippen MR) is 161 cm³/mol. The zero-order valence-corrected chi connectivity index (χ0v) is 25.2. The molecule has 0 aliphatic carbocycles. The van der Waals surface area contributed by atoms with Crippen LogP contribution in [0.15, 0.2) is 84.0 Å². The first-order valence-electron chi connectivity index (χ1n) is 13.3. The van der Waals surface area contributed by atoms with E-state index < -0.39 is 0 Å². The average molecular weight is 538 g/mol. The van der Waals surface area contributed by atoms with Crippen LogP contribution in [0.5, 0.6) is 0 Å². The molecule has 2 nitrogen and oxygen atoms in total. The number of benzene rings is 3. The molecule has 0 unspecified atom stereocenters. The van der Waals surface area contributed by atoms with Gasteiger partial charge in [0.05, 0.1) is 5.69 Å². The maximum atomic E-state index is 4.82. The van der Waals surface area contributed by atoms with E-state index in [0.29, 0.717) is 23.7 Å². The number of aliphatic imine (C=N–C) groups is 1. The third kappa shape index (κ3) is 9.99. The summed E-state index contributed by atoms with van der Waals surface area (Å²) in [5.41, 5.74) is 8.72. The van der Waals surface area contributed by atoms with Crippen LogP contribution in [0.25, 0.3) is 5.32 Å². The molecule has 0 aliphatic rings. The summed E-state index contributed by atoms with van der Waals surface area (Å²) in [6, 6.07) is 23.3. The Morgan fingerprint density at radius 1 is 0.595 bits per heavy atom. The zero-order chi connectivity index (χ0) is 26.7. The zero-order valence-electron chi connectivity index (χ0n) is 24.1. The molecule has 0 heterocycles. The normalized spacial score (nSPS) is 11.4. The summed E-state index contributed by atoms with van der Waals surface area (Å²) < 4.78 is 0. The fourth-order valence-electron chi connectivity index (χ4n) is 4.13. The fraction of sp³-hybridized carbons (Fsp3) is 0.382. The van der Waals surface area contributed by atoms with Crippen molar-refractivity contribution in [3.63, 3.8) is 0 Å². The van der Waals surface area contributed by atoms with Gasteiger partial charge in [0.15, 0.2) is 0 Å². The molecule has 0 fully saturated rings. The molecule has 0 atom stereocenters. The molecule has 0 aromatic heterocycles. The molecule has 0 saturated carbocycles. The van der Waals surface area contributed by atoms with Gasteiger partial charge < -0.3 is 5.32 Å². The number of allylic oxidation sites excluding steroid dienone is 1. The van der Waals surface area contributed by atoms with Crippen molar-refractivity contribution >= 4 is 17.6 Å². The predicted octanol–water partition coefficient (Wildman–Crippen LogP) is 11.1. The number of hydrogen-bond acceptors (Lipinski definition) is 1. The number of aryl methyl sites for hydroxylation is 1. The van der Waals surface area contributed by atoms with E-state index in [4.69, 9.17) is 10.3 Å². The minimum Gasteiger partial charge on any atom is -0.664 e. The fourth-order valence-corrected chi connectivity index (χ4v) is 4.13. The van der Waals surface area contributed by atoms with Crippen LogP contribution >= 0.6 is 0 Å². The first-order valence-corrected chi connectivity index (χ1v) is 13.3. The van der Waals surface area contributed by atoms with Crippen LogP contribution < -0.4 is 0 Å². The Morgan fingerprint density at radius 2 is 1.03 bits per heavy atom. The Bertz CT molecular complexity index is 1070. The molecular formula is C34H45FeN2-. The molecule has 0 N–H and O–H groups in total. The van der Waals surface area contributed by atoms with Crippen molar-refractivity contribution in [3.8, 4) is 0 Å². The Labute approximate surface area is 237 Å². The van der Waals surface area contributed by atoms with Gasteiger partial charge in [0.1, 0.15) is 0 Å². The number of hydrogen-bond donors (Lipinski definition) is 0. The second-order valence-corrected chi connectivity index (χ2v) is 10.6. The van der Waals surface area contributed by atoms with Gasteiger partial charge in [-0.25, -0.2) is 0 Å². The largest absolute Gasteiger partial charge is 0.664 e. The molecular weight excluding hydrogens is 492 g/mol. The van der Waals surface area contributed by atoms with Gasteiger partial charge in [-0.2, -0.15) is 6.20 Å². The van der Waals surface area contributed by atoms with E-state index in [0.717, 1.165) is 11.4 Å². The average Bonchev–Trinajstić information content (AvgIpc) is 2.84. The van der Waals surface area contributed by atoms with Gasteiger partial charge in [0.25, 0.3) is 0 Å². The van der Waals surface area contributed by atoms with Gasteiger partial charge in [-0.1, -0.05) is 145 Å². The first kappa shape index (κ1) is 32.4. The second kappa shape index (κ2) is 16.3. The summed E-state index contributed by atoms with van der Waals surface area (Å²) in [4.78, 5) is 4.82. The van der Waals surface area contributed by atoms with Crippen molar-refractivity contribution in [2.24, 2.45) is 4.99 Å². The summed E-state index contributed by atoms with van der Waals surface area (Å²) in [7, 11) is 0. The number of para-hydroxylation sites is 2. The third-order valence-corrected chi connectivity index (χ3v) is 6.20. The minimum atomic E-state index is 0. The summed E-state index contributed by atoms with van der Waals surface area (Å²) in [6.45, 7) is 19.9. The van der Waals surface area contributed by atoms with Crippen LogP contribution in [-0.2, 0) is 17.1 Å². The molecule has 0 spiro atoms. The van der Waals surface area contributed by atoms with Crippen molar-refractivity contribution < 1.29 is 17.1 Å². The van der Waals surface area contributed by atoms with Crippen LogP contribution in [0.4, 0.5) is 11.4 Å². The number of rotatable bonds is 8. The van der Waals surface area contributed by atoms with Crippen LogP contribution in [-0.4, -0.2) is 6.21 Å². The van der Waals surface area contributed by atoms with Crippen LogP contribution in [0.2, 0.25) is 0 Å². The first-order chi connectivity index (χ1) is 17.1. The van der Waals surface area contributed by atoms with E-state index in [2.05, 4.69) is 111 Å². The molecule has 0 radical (unpaired) electrons. The van der Waals surface area contributed by atoms with E-state index in [1.807, 2.05) is 36.7 Å². The number of nitrogens with zero attached hydrogens (tertiary/aromatic N) is 2. The summed E-state index contributed by atoms with van der Waals surface area (Å²) in [6.07, 6.45) is 5.70. The molecule has 0 amide bonds. The summed E-state index contributed by atoms with van der Waals surface area (Å²) in [5.74, 6) is 1.78. The Hall–Kier alpha value is -2.61. The Morgan fingerprint density at radius 3 is 1.41 bits per heavy atom. The van der Waals surface area contributed by atoms with Crippen molar-refractivity contribution in [2.45, 2.75) is 86.0 Å². The second-order valence-electron chi connectivity index (χ2n) is 10.6. The molecule has 37 heavy (non-hydrogen) atoms.